The summed E-state index contributed by atoms with van der Waals surface area (Å²) in [6.07, 6.45) is 0. The Hall–Kier alpha value is -1.71. The average Bonchev–Trinajstić information content (AvgIpc) is 2.68. The number of H-pyrrole nitrogens is 1. The molecule has 0 spiro atoms. The van der Waals surface area contributed by atoms with E-state index in [-0.39, 0.29) is 5.69 Å². The lowest BCUT2D eigenvalue weighted by molar-refractivity contribution is 0.787. The molecule has 96 valence electrons. The van der Waals surface area contributed by atoms with Crippen molar-refractivity contribution in [3.8, 4) is 0 Å². The third-order valence-corrected chi connectivity index (χ3v) is 3.63. The number of aromatic amines is 1. The van der Waals surface area contributed by atoms with Crippen molar-refractivity contribution < 1.29 is 0 Å². The maximum Gasteiger partial charge on any atom is 0.326 e. The van der Waals surface area contributed by atoms with Gasteiger partial charge in [-0.15, -0.1) is 0 Å². The van der Waals surface area contributed by atoms with Crippen LogP contribution in [0.3, 0.4) is 0 Å². The molecule has 0 amide bonds. The number of hydrogen-bond acceptors (Lipinski definition) is 1. The van der Waals surface area contributed by atoms with Crippen molar-refractivity contribution in [3.63, 3.8) is 0 Å². The molecular formula is C14H10Cl2N2O. The van der Waals surface area contributed by atoms with Crippen molar-refractivity contribution in [1.82, 2.24) is 9.55 Å². The highest BCUT2D eigenvalue weighted by Gasteiger charge is 2.09. The lowest BCUT2D eigenvalue weighted by Gasteiger charge is -2.05. The van der Waals surface area contributed by atoms with Gasteiger partial charge in [0.15, 0.2) is 0 Å². The van der Waals surface area contributed by atoms with E-state index in [0.717, 1.165) is 16.6 Å². The Morgan fingerprint density at radius 1 is 1.11 bits per heavy atom. The van der Waals surface area contributed by atoms with Crippen LogP contribution in [0.15, 0.2) is 47.3 Å². The Labute approximate surface area is 119 Å². The first-order chi connectivity index (χ1) is 9.15. The van der Waals surface area contributed by atoms with Crippen LogP contribution in [0.25, 0.3) is 11.0 Å². The molecule has 0 aliphatic rings. The van der Waals surface area contributed by atoms with Crippen LogP contribution in [0.1, 0.15) is 5.56 Å². The minimum absolute atomic E-state index is 0.169. The average molecular weight is 293 g/mol. The Bertz CT molecular complexity index is 805. The van der Waals surface area contributed by atoms with E-state index in [4.69, 9.17) is 23.2 Å². The molecule has 0 saturated carbocycles. The zero-order chi connectivity index (χ0) is 13.4. The molecule has 0 bridgehead atoms. The number of aromatic nitrogens is 2. The van der Waals surface area contributed by atoms with Crippen molar-refractivity contribution in [2.75, 3.05) is 0 Å². The highest BCUT2D eigenvalue weighted by molar-refractivity contribution is 6.31. The Balaban J connectivity index is 2.13. The summed E-state index contributed by atoms with van der Waals surface area (Å²) in [5.41, 5.74) is 2.28. The second-order valence-corrected chi connectivity index (χ2v) is 5.11. The van der Waals surface area contributed by atoms with Crippen LogP contribution in [0.5, 0.6) is 0 Å². The Kier molecular flexibility index (Phi) is 3.09. The van der Waals surface area contributed by atoms with Gasteiger partial charge in [-0.3, -0.25) is 4.57 Å². The van der Waals surface area contributed by atoms with E-state index in [1.807, 2.05) is 30.3 Å². The van der Waals surface area contributed by atoms with E-state index in [1.165, 1.54) is 0 Å². The highest BCUT2D eigenvalue weighted by Crippen LogP contribution is 2.20. The van der Waals surface area contributed by atoms with Crippen molar-refractivity contribution in [2.24, 2.45) is 0 Å². The van der Waals surface area contributed by atoms with Gasteiger partial charge in [0.25, 0.3) is 0 Å². The fourth-order valence-corrected chi connectivity index (χ4v) is 2.46. The molecule has 1 heterocycles. The van der Waals surface area contributed by atoms with Gasteiger partial charge in [0.05, 0.1) is 17.6 Å². The van der Waals surface area contributed by atoms with Crippen molar-refractivity contribution in [3.05, 3.63) is 68.6 Å². The van der Waals surface area contributed by atoms with E-state index in [1.54, 1.807) is 16.7 Å². The van der Waals surface area contributed by atoms with Gasteiger partial charge in [0.1, 0.15) is 0 Å². The fraction of sp³-hybridized carbons (Fsp3) is 0.0714. The van der Waals surface area contributed by atoms with Gasteiger partial charge in [-0.1, -0.05) is 41.4 Å². The molecule has 1 aromatic heterocycles. The molecule has 19 heavy (non-hydrogen) atoms. The molecule has 0 aliphatic heterocycles. The van der Waals surface area contributed by atoms with Gasteiger partial charge >= 0.3 is 5.69 Å². The quantitative estimate of drug-likeness (QED) is 0.769. The molecule has 5 heteroatoms. The Morgan fingerprint density at radius 2 is 1.89 bits per heavy atom. The fourth-order valence-electron chi connectivity index (χ4n) is 2.09. The smallest absolute Gasteiger partial charge is 0.305 e. The standard InChI is InChI=1S/C14H10Cl2N2O/c15-10-5-6-13-12(7-10)17-14(19)18(13)8-9-3-1-2-4-11(9)16/h1-7H,8H2,(H,17,19). The summed E-state index contributed by atoms with van der Waals surface area (Å²) in [6.45, 7) is 0.431. The monoisotopic (exact) mass is 292 g/mol. The van der Waals surface area contributed by atoms with Crippen LogP contribution in [0, 0.1) is 0 Å². The molecule has 3 nitrogen and oxygen atoms in total. The zero-order valence-corrected chi connectivity index (χ0v) is 11.4. The van der Waals surface area contributed by atoms with Gasteiger partial charge in [-0.2, -0.15) is 0 Å². The normalized spacial score (nSPS) is 11.1. The van der Waals surface area contributed by atoms with Crippen molar-refractivity contribution >= 4 is 34.2 Å². The van der Waals surface area contributed by atoms with Gasteiger partial charge in [-0.25, -0.2) is 4.79 Å². The molecule has 0 saturated heterocycles. The van der Waals surface area contributed by atoms with Crippen LogP contribution in [0.4, 0.5) is 0 Å². The zero-order valence-electron chi connectivity index (χ0n) is 9.86. The first-order valence-electron chi connectivity index (χ1n) is 5.76. The van der Waals surface area contributed by atoms with E-state index < -0.39 is 0 Å². The van der Waals surface area contributed by atoms with Gasteiger partial charge in [0.2, 0.25) is 0 Å². The number of hydrogen-bond donors (Lipinski definition) is 1. The number of benzene rings is 2. The molecule has 3 rings (SSSR count). The molecule has 0 aliphatic carbocycles. The van der Waals surface area contributed by atoms with Gasteiger partial charge in [0, 0.05) is 10.0 Å². The summed E-state index contributed by atoms with van der Waals surface area (Å²) in [5, 5.41) is 1.25. The molecule has 2 aromatic carbocycles. The first kappa shape index (κ1) is 12.3. The summed E-state index contributed by atoms with van der Waals surface area (Å²) in [7, 11) is 0. The Morgan fingerprint density at radius 3 is 2.68 bits per heavy atom. The molecule has 3 aromatic rings. The molecule has 0 unspecified atom stereocenters. The van der Waals surface area contributed by atoms with Gasteiger partial charge < -0.3 is 4.98 Å². The largest absolute Gasteiger partial charge is 0.326 e. The number of nitrogens with zero attached hydrogens (tertiary/aromatic N) is 1. The molecule has 0 radical (unpaired) electrons. The maximum atomic E-state index is 12.0. The predicted octanol–water partition coefficient (Wildman–Crippen LogP) is 3.68. The molecule has 0 atom stereocenters. The second-order valence-electron chi connectivity index (χ2n) is 4.27. The second kappa shape index (κ2) is 4.76. The van der Waals surface area contributed by atoms with Crippen LogP contribution in [-0.4, -0.2) is 9.55 Å². The topological polar surface area (TPSA) is 37.8 Å². The third-order valence-electron chi connectivity index (χ3n) is 3.02. The molecule has 0 fully saturated rings. The first-order valence-corrected chi connectivity index (χ1v) is 6.52. The van der Waals surface area contributed by atoms with E-state index in [9.17, 15) is 4.79 Å². The summed E-state index contributed by atoms with van der Waals surface area (Å²) in [6, 6.07) is 12.8. The summed E-state index contributed by atoms with van der Waals surface area (Å²) in [4.78, 5) is 14.8. The van der Waals surface area contributed by atoms with Gasteiger partial charge in [-0.05, 0) is 29.8 Å². The lowest BCUT2D eigenvalue weighted by Crippen LogP contribution is -2.17. The molecule has 1 N–H and O–H groups in total. The number of imidazole rings is 1. The number of rotatable bonds is 2. The summed E-state index contributed by atoms with van der Waals surface area (Å²) < 4.78 is 1.65. The van der Waals surface area contributed by atoms with Crippen molar-refractivity contribution in [1.29, 1.82) is 0 Å². The van der Waals surface area contributed by atoms with Crippen LogP contribution < -0.4 is 5.69 Å². The van der Waals surface area contributed by atoms with Crippen LogP contribution in [0.2, 0.25) is 10.0 Å². The van der Waals surface area contributed by atoms with E-state index in [2.05, 4.69) is 4.98 Å². The SMILES string of the molecule is O=c1[nH]c2cc(Cl)ccc2n1Cc1ccccc1Cl. The van der Waals surface area contributed by atoms with Crippen molar-refractivity contribution in [2.45, 2.75) is 6.54 Å². The minimum Gasteiger partial charge on any atom is -0.305 e. The molecular weight excluding hydrogens is 283 g/mol. The number of nitrogens with one attached hydrogen (secondary N) is 1. The number of halogens is 2. The summed E-state index contributed by atoms with van der Waals surface area (Å²) in [5.74, 6) is 0. The predicted molar refractivity (Wildman–Crippen MR) is 78.1 cm³/mol. The number of fused-ring (bicyclic) bond motifs is 1. The van der Waals surface area contributed by atoms with E-state index in [0.29, 0.717) is 16.6 Å². The minimum atomic E-state index is -0.169. The van der Waals surface area contributed by atoms with Crippen LogP contribution >= 0.6 is 23.2 Å². The lowest BCUT2D eigenvalue weighted by atomic mass is 10.2. The third kappa shape index (κ3) is 2.27. The maximum absolute atomic E-state index is 12.0. The van der Waals surface area contributed by atoms with E-state index >= 15 is 0 Å². The summed E-state index contributed by atoms with van der Waals surface area (Å²) >= 11 is 12.0. The van der Waals surface area contributed by atoms with Crippen LogP contribution in [-0.2, 0) is 6.54 Å². The highest BCUT2D eigenvalue weighted by atomic mass is 35.5.